The van der Waals surface area contributed by atoms with E-state index in [4.69, 9.17) is 9.47 Å². The molecular weight excluding hydrogens is 340 g/mol. The monoisotopic (exact) mass is 376 g/mol. The molecule has 152 valence electrons. The van der Waals surface area contributed by atoms with Crippen molar-refractivity contribution in [3.05, 3.63) is 23.3 Å². The van der Waals surface area contributed by atoms with Crippen molar-refractivity contribution >= 4 is 11.4 Å². The minimum atomic E-state index is -0.878. The third-order valence-electron chi connectivity index (χ3n) is 5.67. The van der Waals surface area contributed by atoms with E-state index in [0.29, 0.717) is 19.8 Å². The summed E-state index contributed by atoms with van der Waals surface area (Å²) in [5.74, 6) is 0. The Hall–Kier alpha value is -1.30. The average Bonchev–Trinajstić information content (AvgIpc) is 2.73. The number of hydrogen-bond donors (Lipinski definition) is 1. The smallest absolute Gasteiger partial charge is 0.183 e. The van der Waals surface area contributed by atoms with Gasteiger partial charge in [0.25, 0.3) is 0 Å². The zero-order chi connectivity index (χ0) is 19.1. The third-order valence-corrected chi connectivity index (χ3v) is 5.67. The Morgan fingerprint density at radius 1 is 0.852 bits per heavy atom. The van der Waals surface area contributed by atoms with Crippen LogP contribution in [0.4, 0.5) is 11.4 Å². The highest BCUT2D eigenvalue weighted by molar-refractivity contribution is 5.67. The lowest BCUT2D eigenvalue weighted by atomic mass is 10.0. The fourth-order valence-corrected chi connectivity index (χ4v) is 4.25. The van der Waals surface area contributed by atoms with Crippen LogP contribution < -0.4 is 9.80 Å². The fourth-order valence-electron chi connectivity index (χ4n) is 4.25. The fraction of sp³-hybridized carbons (Fsp3) is 0.727. The van der Waals surface area contributed by atoms with Crippen LogP contribution in [0.25, 0.3) is 0 Å². The van der Waals surface area contributed by atoms with Crippen molar-refractivity contribution < 1.29 is 14.6 Å². The van der Waals surface area contributed by atoms with Crippen LogP contribution in [0.1, 0.15) is 69.8 Å². The molecule has 1 aromatic rings. The summed E-state index contributed by atoms with van der Waals surface area (Å²) in [6, 6.07) is 4.42. The van der Waals surface area contributed by atoms with E-state index in [1.54, 1.807) is 0 Å². The largest absolute Gasteiger partial charge is 0.377 e. The SMILES string of the molecule is CCOCc1cc(N2CCCCC2)c(C(O)OCC)cc1N1CCCCC1. The van der Waals surface area contributed by atoms with E-state index >= 15 is 0 Å². The zero-order valence-electron chi connectivity index (χ0n) is 17.1. The van der Waals surface area contributed by atoms with Gasteiger partial charge < -0.3 is 24.4 Å². The molecule has 2 fully saturated rings. The van der Waals surface area contributed by atoms with E-state index in [2.05, 4.69) is 21.9 Å². The van der Waals surface area contributed by atoms with Crippen molar-refractivity contribution in [2.75, 3.05) is 49.2 Å². The Kier molecular flexibility index (Phi) is 7.80. The van der Waals surface area contributed by atoms with Crippen LogP contribution in [0, 0.1) is 0 Å². The molecule has 0 radical (unpaired) electrons. The standard InChI is InChI=1S/C22H36N2O3/c1-3-26-17-18-15-21(24-13-9-6-10-14-24)19(22(25)27-4-2)16-20(18)23-11-7-5-8-12-23/h15-16,22,25H,3-14,17H2,1-2H3. The normalized spacial score (nSPS) is 19.4. The van der Waals surface area contributed by atoms with Crippen molar-refractivity contribution in [2.45, 2.75) is 65.3 Å². The molecule has 0 bridgehead atoms. The van der Waals surface area contributed by atoms with Crippen LogP contribution in [0.3, 0.4) is 0 Å². The summed E-state index contributed by atoms with van der Waals surface area (Å²) in [7, 11) is 0. The van der Waals surface area contributed by atoms with Gasteiger partial charge in [0, 0.05) is 61.9 Å². The predicted molar refractivity (Wildman–Crippen MR) is 110 cm³/mol. The van der Waals surface area contributed by atoms with Gasteiger partial charge in [0.15, 0.2) is 6.29 Å². The first-order valence-electron chi connectivity index (χ1n) is 10.8. The van der Waals surface area contributed by atoms with Gasteiger partial charge in [-0.25, -0.2) is 0 Å². The summed E-state index contributed by atoms with van der Waals surface area (Å²) < 4.78 is 11.4. The number of ether oxygens (including phenoxy) is 2. The van der Waals surface area contributed by atoms with Gasteiger partial charge in [-0.15, -0.1) is 0 Å². The van der Waals surface area contributed by atoms with Gasteiger partial charge >= 0.3 is 0 Å². The quantitative estimate of drug-likeness (QED) is 0.688. The molecule has 0 saturated carbocycles. The van der Waals surface area contributed by atoms with Gasteiger partial charge in [-0.05, 0) is 64.5 Å². The molecule has 1 N–H and O–H groups in total. The lowest BCUT2D eigenvalue weighted by Gasteiger charge is -2.35. The lowest BCUT2D eigenvalue weighted by Crippen LogP contribution is -2.33. The number of piperidine rings is 2. The third kappa shape index (κ3) is 5.15. The van der Waals surface area contributed by atoms with Crippen molar-refractivity contribution in [1.82, 2.24) is 0 Å². The highest BCUT2D eigenvalue weighted by Gasteiger charge is 2.24. The molecule has 1 aromatic carbocycles. The minimum Gasteiger partial charge on any atom is -0.377 e. The van der Waals surface area contributed by atoms with E-state index < -0.39 is 6.29 Å². The van der Waals surface area contributed by atoms with Crippen molar-refractivity contribution in [2.24, 2.45) is 0 Å². The summed E-state index contributed by atoms with van der Waals surface area (Å²) in [6.45, 7) is 10.0. The van der Waals surface area contributed by atoms with Crippen LogP contribution in [-0.4, -0.2) is 44.5 Å². The van der Waals surface area contributed by atoms with Gasteiger partial charge in [0.2, 0.25) is 0 Å². The van der Waals surface area contributed by atoms with Crippen LogP contribution in [0.15, 0.2) is 12.1 Å². The molecule has 1 atom stereocenters. The first-order chi connectivity index (χ1) is 13.2. The zero-order valence-corrected chi connectivity index (χ0v) is 17.1. The van der Waals surface area contributed by atoms with Gasteiger partial charge in [-0.3, -0.25) is 0 Å². The molecule has 27 heavy (non-hydrogen) atoms. The Bertz CT molecular complexity index is 581. The molecule has 2 aliphatic heterocycles. The molecule has 2 heterocycles. The molecule has 1 unspecified atom stereocenters. The summed E-state index contributed by atoms with van der Waals surface area (Å²) >= 11 is 0. The van der Waals surface area contributed by atoms with Gasteiger partial charge in [-0.1, -0.05) is 0 Å². The first-order valence-corrected chi connectivity index (χ1v) is 10.8. The number of rotatable bonds is 8. The van der Waals surface area contributed by atoms with Crippen molar-refractivity contribution in [3.8, 4) is 0 Å². The molecule has 0 amide bonds. The number of anilines is 2. The van der Waals surface area contributed by atoms with E-state index in [-0.39, 0.29) is 0 Å². The van der Waals surface area contributed by atoms with Gasteiger partial charge in [-0.2, -0.15) is 0 Å². The molecule has 2 aliphatic rings. The van der Waals surface area contributed by atoms with Crippen LogP contribution in [-0.2, 0) is 16.1 Å². The number of hydrogen-bond acceptors (Lipinski definition) is 5. The van der Waals surface area contributed by atoms with Gasteiger partial charge in [0.05, 0.1) is 6.61 Å². The molecule has 0 spiro atoms. The van der Waals surface area contributed by atoms with Crippen molar-refractivity contribution in [3.63, 3.8) is 0 Å². The minimum absolute atomic E-state index is 0.500. The van der Waals surface area contributed by atoms with Crippen molar-refractivity contribution in [1.29, 1.82) is 0 Å². The van der Waals surface area contributed by atoms with Crippen LogP contribution in [0.2, 0.25) is 0 Å². The Morgan fingerprint density at radius 2 is 1.44 bits per heavy atom. The summed E-state index contributed by atoms with van der Waals surface area (Å²) in [5, 5.41) is 10.7. The Labute approximate surface area is 164 Å². The maximum atomic E-state index is 10.7. The molecule has 0 aromatic heterocycles. The Balaban J connectivity index is 2.00. The maximum absolute atomic E-state index is 10.7. The number of benzene rings is 1. The maximum Gasteiger partial charge on any atom is 0.183 e. The molecule has 0 aliphatic carbocycles. The van der Waals surface area contributed by atoms with E-state index in [9.17, 15) is 5.11 Å². The topological polar surface area (TPSA) is 45.2 Å². The van der Waals surface area contributed by atoms with Gasteiger partial charge in [0.1, 0.15) is 0 Å². The average molecular weight is 377 g/mol. The number of aliphatic hydroxyl groups excluding tert-OH is 1. The second-order valence-corrected chi connectivity index (χ2v) is 7.58. The second-order valence-electron chi connectivity index (χ2n) is 7.58. The number of aliphatic hydroxyl groups is 1. The highest BCUT2D eigenvalue weighted by atomic mass is 16.6. The summed E-state index contributed by atoms with van der Waals surface area (Å²) in [5.41, 5.74) is 4.45. The first kappa shape index (κ1) is 20.4. The van der Waals surface area contributed by atoms with E-state index in [1.165, 1.54) is 49.8 Å². The molecule has 2 saturated heterocycles. The predicted octanol–water partition coefficient (Wildman–Crippen LogP) is 4.23. The van der Waals surface area contributed by atoms with Crippen LogP contribution in [0.5, 0.6) is 0 Å². The van der Waals surface area contributed by atoms with E-state index in [0.717, 1.165) is 37.4 Å². The molecule has 5 nitrogen and oxygen atoms in total. The van der Waals surface area contributed by atoms with E-state index in [1.807, 2.05) is 13.8 Å². The Morgan fingerprint density at radius 3 is 2.00 bits per heavy atom. The van der Waals surface area contributed by atoms with Crippen LogP contribution >= 0.6 is 0 Å². The summed E-state index contributed by atoms with van der Waals surface area (Å²) in [6.07, 6.45) is 6.58. The number of nitrogens with zero attached hydrogens (tertiary/aromatic N) is 2. The molecule has 3 rings (SSSR count). The summed E-state index contributed by atoms with van der Waals surface area (Å²) in [4.78, 5) is 4.87. The molecular formula is C22H36N2O3. The second kappa shape index (κ2) is 10.3. The highest BCUT2D eigenvalue weighted by Crippen LogP contribution is 2.37. The molecule has 5 heteroatoms. The lowest BCUT2D eigenvalue weighted by molar-refractivity contribution is -0.0976.